The fourth-order valence-electron chi connectivity index (χ4n) is 4.40. The fraction of sp³-hybridized carbons (Fsp3) is 0.611. The van der Waals surface area contributed by atoms with E-state index in [9.17, 15) is 4.79 Å². The van der Waals surface area contributed by atoms with Gasteiger partial charge < -0.3 is 4.90 Å². The van der Waals surface area contributed by atoms with Gasteiger partial charge in [0.05, 0.1) is 0 Å². The van der Waals surface area contributed by atoms with Gasteiger partial charge in [0.15, 0.2) is 0 Å². The van der Waals surface area contributed by atoms with Gasteiger partial charge >= 0.3 is 0 Å². The highest BCUT2D eigenvalue weighted by atomic mass is 16.2. The van der Waals surface area contributed by atoms with Crippen molar-refractivity contribution in [1.29, 1.82) is 0 Å². The molecular weight excluding hydrogens is 246 g/mol. The molecule has 1 aliphatic heterocycles. The molecule has 2 aliphatic carbocycles. The van der Waals surface area contributed by atoms with Crippen LogP contribution in [0, 0.1) is 11.8 Å². The smallest absolute Gasteiger partial charge is 0.226 e. The minimum absolute atomic E-state index is 0.303. The van der Waals surface area contributed by atoms with Gasteiger partial charge in [-0.3, -0.25) is 4.79 Å². The molecule has 20 heavy (non-hydrogen) atoms. The number of aryl methyl sites for hydroxylation is 1. The van der Waals surface area contributed by atoms with Crippen molar-refractivity contribution < 1.29 is 4.79 Å². The van der Waals surface area contributed by atoms with E-state index in [1.54, 1.807) is 0 Å². The first-order chi connectivity index (χ1) is 9.86. The van der Waals surface area contributed by atoms with Crippen LogP contribution in [0.25, 0.3) is 0 Å². The Morgan fingerprint density at radius 3 is 2.60 bits per heavy atom. The Morgan fingerprint density at radius 1 is 1.05 bits per heavy atom. The van der Waals surface area contributed by atoms with E-state index in [2.05, 4.69) is 29.2 Å². The molecule has 2 fully saturated rings. The molecule has 3 unspecified atom stereocenters. The van der Waals surface area contributed by atoms with Crippen LogP contribution in [0.3, 0.4) is 0 Å². The van der Waals surface area contributed by atoms with Crippen molar-refractivity contribution in [1.82, 2.24) is 4.90 Å². The fourth-order valence-corrected chi connectivity index (χ4v) is 4.40. The Kier molecular flexibility index (Phi) is 3.05. The number of nitrogens with zero attached hydrogens (tertiary/aromatic N) is 1. The van der Waals surface area contributed by atoms with Crippen molar-refractivity contribution in [3.63, 3.8) is 0 Å². The van der Waals surface area contributed by atoms with Gasteiger partial charge in [-0.1, -0.05) is 37.1 Å². The zero-order valence-corrected chi connectivity index (χ0v) is 12.1. The molecule has 1 aromatic rings. The maximum Gasteiger partial charge on any atom is 0.226 e. The molecule has 0 bridgehead atoms. The minimum atomic E-state index is 0.303. The average molecular weight is 269 g/mol. The van der Waals surface area contributed by atoms with E-state index in [0.717, 1.165) is 13.1 Å². The molecule has 0 N–H and O–H groups in total. The molecule has 0 aromatic heterocycles. The van der Waals surface area contributed by atoms with Gasteiger partial charge in [-0.25, -0.2) is 0 Å². The van der Waals surface area contributed by atoms with Gasteiger partial charge in [-0.05, 0) is 48.6 Å². The number of hydrogen-bond donors (Lipinski definition) is 0. The van der Waals surface area contributed by atoms with Gasteiger partial charge in [0.2, 0.25) is 5.91 Å². The molecule has 3 atom stereocenters. The van der Waals surface area contributed by atoms with Crippen molar-refractivity contribution in [3.05, 3.63) is 35.4 Å². The molecule has 2 heteroatoms. The quantitative estimate of drug-likeness (QED) is 0.765. The summed E-state index contributed by atoms with van der Waals surface area (Å²) in [6.45, 7) is 1.99. The minimum Gasteiger partial charge on any atom is -0.342 e. The van der Waals surface area contributed by atoms with Crippen LogP contribution in [-0.2, 0) is 11.2 Å². The lowest BCUT2D eigenvalue weighted by molar-refractivity contribution is -0.133. The van der Waals surface area contributed by atoms with Crippen LogP contribution in [0.4, 0.5) is 0 Å². The van der Waals surface area contributed by atoms with Crippen molar-refractivity contribution >= 4 is 5.91 Å². The van der Waals surface area contributed by atoms with Crippen LogP contribution in [0.15, 0.2) is 24.3 Å². The summed E-state index contributed by atoms with van der Waals surface area (Å²) in [7, 11) is 0. The molecule has 106 valence electrons. The van der Waals surface area contributed by atoms with E-state index < -0.39 is 0 Å². The zero-order chi connectivity index (χ0) is 13.5. The SMILES string of the molecule is O=C(C1C2CCc3ccccc3C21)N1CCCCCC1. The predicted octanol–water partition coefficient (Wildman–Crippen LogP) is 3.37. The molecule has 1 saturated carbocycles. The summed E-state index contributed by atoms with van der Waals surface area (Å²) in [5, 5.41) is 0. The van der Waals surface area contributed by atoms with E-state index >= 15 is 0 Å². The summed E-state index contributed by atoms with van der Waals surface area (Å²) in [5.41, 5.74) is 2.96. The molecule has 1 aromatic carbocycles. The Balaban J connectivity index is 1.53. The van der Waals surface area contributed by atoms with E-state index in [1.165, 1.54) is 49.7 Å². The highest BCUT2D eigenvalue weighted by Gasteiger charge is 2.57. The molecule has 0 spiro atoms. The number of hydrogen-bond acceptors (Lipinski definition) is 1. The average Bonchev–Trinajstić information content (AvgIpc) is 3.26. The molecule has 2 nitrogen and oxygen atoms in total. The lowest BCUT2D eigenvalue weighted by Crippen LogP contribution is -2.33. The molecule has 3 aliphatic rings. The third-order valence-electron chi connectivity index (χ3n) is 5.53. The maximum absolute atomic E-state index is 12.8. The van der Waals surface area contributed by atoms with Gasteiger partial charge in [-0.15, -0.1) is 0 Å². The van der Waals surface area contributed by atoms with E-state index in [-0.39, 0.29) is 0 Å². The topological polar surface area (TPSA) is 20.3 Å². The van der Waals surface area contributed by atoms with Crippen LogP contribution >= 0.6 is 0 Å². The summed E-state index contributed by atoms with van der Waals surface area (Å²) in [5.74, 6) is 1.94. The Bertz CT molecular complexity index is 516. The third kappa shape index (κ3) is 1.97. The van der Waals surface area contributed by atoms with Crippen molar-refractivity contribution in [2.24, 2.45) is 11.8 Å². The van der Waals surface area contributed by atoms with Crippen molar-refractivity contribution in [2.45, 2.75) is 44.4 Å². The first-order valence-corrected chi connectivity index (χ1v) is 8.23. The largest absolute Gasteiger partial charge is 0.342 e. The summed E-state index contributed by atoms with van der Waals surface area (Å²) >= 11 is 0. The zero-order valence-electron chi connectivity index (χ0n) is 12.1. The first kappa shape index (κ1) is 12.4. The second-order valence-corrected chi connectivity index (χ2v) is 6.69. The second-order valence-electron chi connectivity index (χ2n) is 6.69. The highest BCUT2D eigenvalue weighted by Crippen LogP contribution is 2.60. The maximum atomic E-state index is 12.8. The van der Waals surface area contributed by atoms with E-state index in [1.807, 2.05) is 0 Å². The molecule has 1 saturated heterocycles. The number of fused-ring (bicyclic) bond motifs is 3. The summed E-state index contributed by atoms with van der Waals surface area (Å²) in [4.78, 5) is 15.0. The molecule has 4 rings (SSSR count). The van der Waals surface area contributed by atoms with Gasteiger partial charge in [0, 0.05) is 19.0 Å². The summed E-state index contributed by atoms with van der Waals surface area (Å²) < 4.78 is 0. The second kappa shape index (κ2) is 4.91. The first-order valence-electron chi connectivity index (χ1n) is 8.23. The van der Waals surface area contributed by atoms with Gasteiger partial charge in [0.1, 0.15) is 0 Å². The van der Waals surface area contributed by atoms with Crippen LogP contribution in [0.1, 0.15) is 49.1 Å². The monoisotopic (exact) mass is 269 g/mol. The van der Waals surface area contributed by atoms with Gasteiger partial charge in [-0.2, -0.15) is 0 Å². The number of amides is 1. The van der Waals surface area contributed by atoms with Crippen LogP contribution < -0.4 is 0 Å². The lowest BCUT2D eigenvalue weighted by atomic mass is 9.92. The Hall–Kier alpha value is -1.31. The Labute approximate surface area is 121 Å². The number of carbonyl (C=O) groups is 1. The number of rotatable bonds is 1. The van der Waals surface area contributed by atoms with Crippen LogP contribution in [-0.4, -0.2) is 23.9 Å². The number of carbonyl (C=O) groups excluding carboxylic acids is 1. The van der Waals surface area contributed by atoms with Crippen LogP contribution in [0.5, 0.6) is 0 Å². The summed E-state index contributed by atoms with van der Waals surface area (Å²) in [6.07, 6.45) is 7.37. The summed E-state index contributed by atoms with van der Waals surface area (Å²) in [6, 6.07) is 8.76. The number of likely N-dealkylation sites (tertiary alicyclic amines) is 1. The predicted molar refractivity (Wildman–Crippen MR) is 79.5 cm³/mol. The molecule has 1 heterocycles. The Morgan fingerprint density at radius 2 is 1.80 bits per heavy atom. The normalized spacial score (nSPS) is 32.0. The van der Waals surface area contributed by atoms with Crippen LogP contribution in [0.2, 0.25) is 0 Å². The third-order valence-corrected chi connectivity index (χ3v) is 5.53. The van der Waals surface area contributed by atoms with E-state index in [4.69, 9.17) is 0 Å². The lowest BCUT2D eigenvalue weighted by Gasteiger charge is -2.20. The standard InChI is InChI=1S/C18H23NO/c20-18(19-11-5-1-2-6-12-19)17-15-10-9-13-7-3-4-8-14(13)16(15)17/h3-4,7-8,15-17H,1-2,5-6,9-12H2. The molecule has 0 radical (unpaired) electrons. The van der Waals surface area contributed by atoms with Crippen molar-refractivity contribution in [3.8, 4) is 0 Å². The molecular formula is C18H23NO. The highest BCUT2D eigenvalue weighted by molar-refractivity contribution is 5.84. The van der Waals surface area contributed by atoms with Crippen molar-refractivity contribution in [2.75, 3.05) is 13.1 Å². The van der Waals surface area contributed by atoms with Gasteiger partial charge in [0.25, 0.3) is 0 Å². The van der Waals surface area contributed by atoms with E-state index in [0.29, 0.717) is 23.7 Å². The number of benzene rings is 1. The molecule has 1 amide bonds.